The number of ether oxygens (including phenoxy) is 1. The van der Waals surface area contributed by atoms with Gasteiger partial charge >= 0.3 is 6.18 Å². The van der Waals surface area contributed by atoms with Crippen molar-refractivity contribution in [3.63, 3.8) is 0 Å². The van der Waals surface area contributed by atoms with Gasteiger partial charge in [0, 0.05) is 19.1 Å². The second-order valence-corrected chi connectivity index (χ2v) is 7.77. The molecule has 1 aliphatic heterocycles. The van der Waals surface area contributed by atoms with E-state index in [1.165, 1.54) is 4.90 Å². The number of hydrogen-bond donors (Lipinski definition) is 1. The van der Waals surface area contributed by atoms with Crippen molar-refractivity contribution in [2.45, 2.75) is 31.5 Å². The summed E-state index contributed by atoms with van der Waals surface area (Å²) in [4.78, 5) is 14.8. The Kier molecular flexibility index (Phi) is 5.25. The van der Waals surface area contributed by atoms with Gasteiger partial charge in [-0.05, 0) is 50.1 Å². The Bertz CT molecular complexity index is 860. The van der Waals surface area contributed by atoms with Crippen molar-refractivity contribution in [3.8, 4) is 11.5 Å². The summed E-state index contributed by atoms with van der Waals surface area (Å²) in [5, 5.41) is 3.15. The molecule has 7 heteroatoms. The van der Waals surface area contributed by atoms with Crippen LogP contribution in [0.2, 0.25) is 0 Å². The molecule has 4 rings (SSSR count). The Morgan fingerprint density at radius 2 is 1.79 bits per heavy atom. The smallest absolute Gasteiger partial charge is 0.396 e. The van der Waals surface area contributed by atoms with Crippen LogP contribution >= 0.6 is 0 Å². The van der Waals surface area contributed by atoms with E-state index in [2.05, 4.69) is 5.32 Å². The summed E-state index contributed by atoms with van der Waals surface area (Å²) in [6.07, 6.45) is -3.52. The van der Waals surface area contributed by atoms with Crippen LogP contribution in [0.5, 0.6) is 11.5 Å². The molecule has 0 bridgehead atoms. The second kappa shape index (κ2) is 7.71. The lowest BCUT2D eigenvalue weighted by Crippen LogP contribution is -2.48. The van der Waals surface area contributed by atoms with Crippen molar-refractivity contribution in [3.05, 3.63) is 60.2 Å². The van der Waals surface area contributed by atoms with Crippen LogP contribution in [0.4, 0.5) is 13.2 Å². The molecule has 1 atom stereocenters. The van der Waals surface area contributed by atoms with Crippen LogP contribution in [0, 0.1) is 5.41 Å². The zero-order valence-corrected chi connectivity index (χ0v) is 15.9. The van der Waals surface area contributed by atoms with E-state index >= 15 is 0 Å². The first-order chi connectivity index (χ1) is 13.9. The second-order valence-electron chi connectivity index (χ2n) is 7.77. The maximum Gasteiger partial charge on any atom is 0.396 e. The molecule has 0 aromatic heterocycles. The number of carbonyl (C=O) groups is 1. The van der Waals surface area contributed by atoms with Gasteiger partial charge in [0.25, 0.3) is 5.91 Å². The molecule has 154 valence electrons. The topological polar surface area (TPSA) is 41.6 Å². The molecule has 1 saturated carbocycles. The van der Waals surface area contributed by atoms with Crippen LogP contribution < -0.4 is 10.1 Å². The van der Waals surface area contributed by atoms with Gasteiger partial charge in [-0.1, -0.05) is 30.3 Å². The van der Waals surface area contributed by atoms with Gasteiger partial charge in [-0.15, -0.1) is 0 Å². The summed E-state index contributed by atoms with van der Waals surface area (Å²) in [7, 11) is 0. The van der Waals surface area contributed by atoms with Gasteiger partial charge in [-0.2, -0.15) is 13.2 Å². The molecule has 1 heterocycles. The standard InChI is InChI=1S/C22H23F3N2O2/c23-22(24,25)21(11-12-21)15-27(16-10-13-26-14-16)20(28)18-8-4-5-9-19(18)29-17-6-2-1-3-7-17/h1-9,16,26H,10-15H2. The quantitative estimate of drug-likeness (QED) is 0.764. The van der Waals surface area contributed by atoms with E-state index in [4.69, 9.17) is 4.74 Å². The number of halogens is 3. The van der Waals surface area contributed by atoms with E-state index in [9.17, 15) is 18.0 Å². The van der Waals surface area contributed by atoms with Gasteiger partial charge < -0.3 is 15.0 Å². The summed E-state index contributed by atoms with van der Waals surface area (Å²) < 4.78 is 46.7. The highest BCUT2D eigenvalue weighted by atomic mass is 19.4. The maximum absolute atomic E-state index is 13.6. The predicted molar refractivity (Wildman–Crippen MR) is 103 cm³/mol. The maximum atomic E-state index is 13.6. The number of carbonyl (C=O) groups excluding carboxylic acids is 1. The van der Waals surface area contributed by atoms with Crippen molar-refractivity contribution in [1.82, 2.24) is 10.2 Å². The zero-order chi connectivity index (χ0) is 20.5. The van der Waals surface area contributed by atoms with Gasteiger partial charge in [0.1, 0.15) is 11.5 Å². The molecule has 29 heavy (non-hydrogen) atoms. The first kappa shape index (κ1) is 19.8. The molecule has 4 nitrogen and oxygen atoms in total. The molecule has 2 fully saturated rings. The number of benzene rings is 2. The average molecular weight is 404 g/mol. The molecule has 1 amide bonds. The minimum Gasteiger partial charge on any atom is -0.457 e. The predicted octanol–water partition coefficient (Wildman–Crippen LogP) is 4.63. The van der Waals surface area contributed by atoms with Crippen LogP contribution in [0.1, 0.15) is 29.6 Å². The van der Waals surface area contributed by atoms with Crippen molar-refractivity contribution in [1.29, 1.82) is 0 Å². The average Bonchev–Trinajstić information content (AvgIpc) is 3.32. The molecule has 0 radical (unpaired) electrons. The fourth-order valence-corrected chi connectivity index (χ4v) is 3.78. The van der Waals surface area contributed by atoms with Gasteiger partial charge in [-0.25, -0.2) is 0 Å². The Morgan fingerprint density at radius 1 is 1.10 bits per heavy atom. The summed E-state index contributed by atoms with van der Waals surface area (Å²) in [5.74, 6) is 0.494. The van der Waals surface area contributed by atoms with Crippen molar-refractivity contribution in [2.75, 3.05) is 19.6 Å². The number of alkyl halides is 3. The van der Waals surface area contributed by atoms with Crippen molar-refractivity contribution >= 4 is 5.91 Å². The number of para-hydroxylation sites is 2. The normalized spacial score (nSPS) is 20.3. The molecule has 0 spiro atoms. The highest BCUT2D eigenvalue weighted by Crippen LogP contribution is 2.58. The lowest BCUT2D eigenvalue weighted by molar-refractivity contribution is -0.191. The van der Waals surface area contributed by atoms with Crippen LogP contribution in [-0.4, -0.2) is 42.7 Å². The summed E-state index contributed by atoms with van der Waals surface area (Å²) in [6.45, 7) is 0.887. The molecule has 2 aliphatic rings. The lowest BCUT2D eigenvalue weighted by Gasteiger charge is -2.33. The van der Waals surface area contributed by atoms with E-state index in [0.717, 1.165) is 0 Å². The molecule has 1 unspecified atom stereocenters. The van der Waals surface area contributed by atoms with E-state index < -0.39 is 17.5 Å². The molecule has 1 aliphatic carbocycles. The highest BCUT2D eigenvalue weighted by Gasteiger charge is 2.64. The fourth-order valence-electron chi connectivity index (χ4n) is 3.78. The molecular weight excluding hydrogens is 381 g/mol. The number of nitrogens with zero attached hydrogens (tertiary/aromatic N) is 1. The Morgan fingerprint density at radius 3 is 2.41 bits per heavy atom. The third-order valence-electron chi connectivity index (χ3n) is 5.75. The first-order valence-corrected chi connectivity index (χ1v) is 9.80. The largest absolute Gasteiger partial charge is 0.457 e. The Labute approximate surface area is 167 Å². The summed E-state index contributed by atoms with van der Waals surface area (Å²) in [5.41, 5.74) is -1.50. The van der Waals surface area contributed by atoms with Gasteiger partial charge in [0.05, 0.1) is 11.0 Å². The number of hydrogen-bond acceptors (Lipinski definition) is 3. The van der Waals surface area contributed by atoms with E-state index in [0.29, 0.717) is 31.0 Å². The first-order valence-electron chi connectivity index (χ1n) is 9.80. The fraction of sp³-hybridized carbons (Fsp3) is 0.409. The van der Waals surface area contributed by atoms with Crippen LogP contribution in [-0.2, 0) is 0 Å². The number of rotatable bonds is 6. The van der Waals surface area contributed by atoms with E-state index in [1.54, 1.807) is 36.4 Å². The molecule has 2 aromatic carbocycles. The van der Waals surface area contributed by atoms with E-state index in [1.807, 2.05) is 18.2 Å². The molecule has 1 N–H and O–H groups in total. The SMILES string of the molecule is O=C(c1ccccc1Oc1ccccc1)N(CC1(C(F)(F)F)CC1)C1CCNC1. The molecular formula is C22H23F3N2O2. The van der Waals surface area contributed by atoms with Crippen molar-refractivity contribution in [2.24, 2.45) is 5.41 Å². The number of nitrogens with one attached hydrogen (secondary N) is 1. The molecule has 1 saturated heterocycles. The van der Waals surface area contributed by atoms with Crippen LogP contribution in [0.3, 0.4) is 0 Å². The van der Waals surface area contributed by atoms with Gasteiger partial charge in [0.2, 0.25) is 0 Å². The number of amides is 1. The van der Waals surface area contributed by atoms with Crippen molar-refractivity contribution < 1.29 is 22.7 Å². The highest BCUT2D eigenvalue weighted by molar-refractivity contribution is 5.97. The third kappa shape index (κ3) is 4.10. The van der Waals surface area contributed by atoms with Crippen LogP contribution in [0.25, 0.3) is 0 Å². The molecule has 2 aromatic rings. The zero-order valence-electron chi connectivity index (χ0n) is 15.9. The van der Waals surface area contributed by atoms with Gasteiger partial charge in [-0.3, -0.25) is 4.79 Å². The Hall–Kier alpha value is -2.54. The monoisotopic (exact) mass is 404 g/mol. The third-order valence-corrected chi connectivity index (χ3v) is 5.75. The summed E-state index contributed by atoms with van der Waals surface area (Å²) in [6, 6.07) is 15.5. The minimum atomic E-state index is -4.31. The lowest BCUT2D eigenvalue weighted by atomic mass is 10.0. The minimum absolute atomic E-state index is 0.0720. The van der Waals surface area contributed by atoms with Gasteiger partial charge in [0.15, 0.2) is 0 Å². The van der Waals surface area contributed by atoms with Crippen LogP contribution in [0.15, 0.2) is 54.6 Å². The van der Waals surface area contributed by atoms with E-state index in [-0.39, 0.29) is 31.0 Å². The Balaban J connectivity index is 1.63. The summed E-state index contributed by atoms with van der Waals surface area (Å²) >= 11 is 0.